The Labute approximate surface area is 149 Å². The third kappa shape index (κ3) is 6.37. The highest BCUT2D eigenvalue weighted by molar-refractivity contribution is 5.85. The molecule has 0 atom stereocenters. The number of fused-ring (bicyclic) bond motifs is 1. The number of hydrogen-bond donors (Lipinski definition) is 3. The van der Waals surface area contributed by atoms with Crippen LogP contribution in [0, 0.1) is 0 Å². The molecule has 24 heavy (non-hydrogen) atoms. The first-order valence-corrected chi connectivity index (χ1v) is 8.27. The summed E-state index contributed by atoms with van der Waals surface area (Å²) in [4.78, 5) is 25.6. The molecule has 0 fully saturated rings. The number of urea groups is 1. The minimum atomic E-state index is -0.0973. The van der Waals surface area contributed by atoms with Crippen molar-refractivity contribution in [1.82, 2.24) is 20.9 Å². The third-order valence-corrected chi connectivity index (χ3v) is 3.92. The van der Waals surface area contributed by atoms with E-state index in [0.717, 1.165) is 26.1 Å². The predicted molar refractivity (Wildman–Crippen MR) is 97.4 cm³/mol. The van der Waals surface area contributed by atoms with Crippen LogP contribution in [0.25, 0.3) is 0 Å². The number of nitrogens with zero attached hydrogens (tertiary/aromatic N) is 1. The first-order valence-electron chi connectivity index (χ1n) is 8.27. The van der Waals surface area contributed by atoms with E-state index in [1.165, 1.54) is 11.1 Å². The smallest absolute Gasteiger partial charge is 0.317 e. The first-order chi connectivity index (χ1) is 11.2. The van der Waals surface area contributed by atoms with Crippen molar-refractivity contribution in [2.75, 3.05) is 32.7 Å². The summed E-state index contributed by atoms with van der Waals surface area (Å²) in [5.41, 5.74) is 2.52. The van der Waals surface area contributed by atoms with Crippen molar-refractivity contribution in [3.05, 3.63) is 35.4 Å². The van der Waals surface area contributed by atoms with Gasteiger partial charge in [-0.05, 0) is 24.1 Å². The lowest BCUT2D eigenvalue weighted by atomic mass is 10.0. The average molecular weight is 355 g/mol. The fourth-order valence-electron chi connectivity index (χ4n) is 2.62. The van der Waals surface area contributed by atoms with E-state index >= 15 is 0 Å². The molecule has 0 aliphatic carbocycles. The van der Waals surface area contributed by atoms with Crippen LogP contribution in [-0.2, 0) is 17.8 Å². The molecule has 1 heterocycles. The third-order valence-electron chi connectivity index (χ3n) is 3.92. The predicted octanol–water partition coefficient (Wildman–Crippen LogP) is 1.29. The maximum absolute atomic E-state index is 12.2. The molecule has 3 amide bonds. The zero-order chi connectivity index (χ0) is 16.5. The molecule has 1 aromatic rings. The van der Waals surface area contributed by atoms with Gasteiger partial charge in [0.2, 0.25) is 5.91 Å². The van der Waals surface area contributed by atoms with Crippen LogP contribution < -0.4 is 16.0 Å². The van der Waals surface area contributed by atoms with E-state index in [-0.39, 0.29) is 24.3 Å². The quantitative estimate of drug-likeness (QED) is 0.646. The minimum absolute atomic E-state index is 0. The second kappa shape index (κ2) is 10.9. The largest absolute Gasteiger partial charge is 0.355 e. The Morgan fingerprint density at radius 2 is 1.83 bits per heavy atom. The van der Waals surface area contributed by atoms with E-state index in [0.29, 0.717) is 26.1 Å². The Morgan fingerprint density at radius 3 is 2.58 bits per heavy atom. The summed E-state index contributed by atoms with van der Waals surface area (Å²) >= 11 is 0. The highest BCUT2D eigenvalue weighted by atomic mass is 35.5. The molecule has 1 aromatic carbocycles. The van der Waals surface area contributed by atoms with Gasteiger partial charge in [-0.3, -0.25) is 4.79 Å². The maximum Gasteiger partial charge on any atom is 0.317 e. The minimum Gasteiger partial charge on any atom is -0.355 e. The van der Waals surface area contributed by atoms with Crippen LogP contribution in [0.5, 0.6) is 0 Å². The number of halogens is 1. The summed E-state index contributed by atoms with van der Waals surface area (Å²) in [6.07, 6.45) is 1.19. The molecule has 0 spiro atoms. The molecule has 0 bridgehead atoms. The van der Waals surface area contributed by atoms with Gasteiger partial charge in [-0.1, -0.05) is 31.2 Å². The molecule has 3 N–H and O–H groups in total. The molecular formula is C17H27ClN4O2. The van der Waals surface area contributed by atoms with E-state index in [4.69, 9.17) is 0 Å². The highest BCUT2D eigenvalue weighted by Gasteiger charge is 2.19. The van der Waals surface area contributed by atoms with Gasteiger partial charge < -0.3 is 20.9 Å². The second-order valence-corrected chi connectivity index (χ2v) is 5.63. The number of carbonyl (C=O) groups is 2. The Balaban J connectivity index is 0.00000288. The number of amides is 3. The van der Waals surface area contributed by atoms with Gasteiger partial charge in [0, 0.05) is 39.1 Å². The van der Waals surface area contributed by atoms with Crippen molar-refractivity contribution in [3.8, 4) is 0 Å². The van der Waals surface area contributed by atoms with E-state index < -0.39 is 0 Å². The standard InChI is InChI=1S/C17H26N4O2.ClH/c1-2-18-10-11-19-16(22)7-9-20-17(23)21-12-8-14-5-3-4-6-15(14)13-21;/h3-6,18H,2,7-13H2,1H3,(H,19,22)(H,20,23);1H. The monoisotopic (exact) mass is 354 g/mol. The maximum atomic E-state index is 12.2. The van der Waals surface area contributed by atoms with Crippen molar-refractivity contribution in [1.29, 1.82) is 0 Å². The summed E-state index contributed by atoms with van der Waals surface area (Å²) in [7, 11) is 0. The molecule has 7 heteroatoms. The first kappa shape index (κ1) is 20.3. The van der Waals surface area contributed by atoms with Crippen molar-refractivity contribution >= 4 is 24.3 Å². The van der Waals surface area contributed by atoms with Crippen LogP contribution in [0.3, 0.4) is 0 Å². The van der Waals surface area contributed by atoms with Gasteiger partial charge in [-0.25, -0.2) is 4.79 Å². The number of rotatable bonds is 7. The number of nitrogens with one attached hydrogen (secondary N) is 3. The molecule has 2 rings (SSSR count). The Morgan fingerprint density at radius 1 is 1.08 bits per heavy atom. The summed E-state index contributed by atoms with van der Waals surface area (Å²) in [6.45, 7) is 6.02. The summed E-state index contributed by atoms with van der Waals surface area (Å²) in [6, 6.07) is 8.11. The van der Waals surface area contributed by atoms with Crippen LogP contribution in [0.4, 0.5) is 4.79 Å². The van der Waals surface area contributed by atoms with Crippen molar-refractivity contribution in [2.45, 2.75) is 26.3 Å². The lowest BCUT2D eigenvalue weighted by molar-refractivity contribution is -0.120. The Bertz CT molecular complexity index is 539. The van der Waals surface area contributed by atoms with Gasteiger partial charge in [0.05, 0.1) is 0 Å². The topological polar surface area (TPSA) is 73.5 Å². The van der Waals surface area contributed by atoms with Gasteiger partial charge >= 0.3 is 6.03 Å². The molecule has 134 valence electrons. The normalized spacial score (nSPS) is 12.8. The van der Waals surface area contributed by atoms with Crippen LogP contribution in [0.1, 0.15) is 24.5 Å². The van der Waals surface area contributed by atoms with E-state index in [1.807, 2.05) is 19.1 Å². The van der Waals surface area contributed by atoms with Crippen LogP contribution in [0.2, 0.25) is 0 Å². The van der Waals surface area contributed by atoms with Crippen LogP contribution >= 0.6 is 12.4 Å². The second-order valence-electron chi connectivity index (χ2n) is 5.63. The molecular weight excluding hydrogens is 328 g/mol. The molecule has 1 aliphatic rings. The van der Waals surface area contributed by atoms with Gasteiger partial charge in [-0.2, -0.15) is 0 Å². The molecule has 1 aliphatic heterocycles. The fraction of sp³-hybridized carbons (Fsp3) is 0.529. The highest BCUT2D eigenvalue weighted by Crippen LogP contribution is 2.18. The molecule has 0 saturated carbocycles. The average Bonchev–Trinajstić information content (AvgIpc) is 2.58. The van der Waals surface area contributed by atoms with Gasteiger partial charge in [0.15, 0.2) is 0 Å². The molecule has 0 radical (unpaired) electrons. The van der Waals surface area contributed by atoms with Gasteiger partial charge in [0.1, 0.15) is 0 Å². The van der Waals surface area contributed by atoms with Gasteiger partial charge in [0.25, 0.3) is 0 Å². The lowest BCUT2D eigenvalue weighted by Gasteiger charge is -2.28. The summed E-state index contributed by atoms with van der Waals surface area (Å²) in [5.74, 6) is -0.0350. The van der Waals surface area contributed by atoms with Gasteiger partial charge in [-0.15, -0.1) is 12.4 Å². The molecule has 0 saturated heterocycles. The summed E-state index contributed by atoms with van der Waals surface area (Å²) in [5, 5.41) is 8.78. The number of hydrogen-bond acceptors (Lipinski definition) is 3. The Hall–Kier alpha value is -1.79. The lowest BCUT2D eigenvalue weighted by Crippen LogP contribution is -2.43. The molecule has 6 nitrogen and oxygen atoms in total. The molecule has 0 aromatic heterocycles. The Kier molecular flexibility index (Phi) is 9.19. The van der Waals surface area contributed by atoms with E-state index in [1.54, 1.807) is 4.90 Å². The summed E-state index contributed by atoms with van der Waals surface area (Å²) < 4.78 is 0. The number of carbonyl (C=O) groups excluding carboxylic acids is 2. The van der Waals surface area contributed by atoms with Crippen LogP contribution in [-0.4, -0.2) is 49.6 Å². The molecule has 0 unspecified atom stereocenters. The zero-order valence-electron chi connectivity index (χ0n) is 14.1. The van der Waals surface area contributed by atoms with E-state index in [9.17, 15) is 9.59 Å². The fourth-order valence-corrected chi connectivity index (χ4v) is 2.62. The van der Waals surface area contributed by atoms with Crippen molar-refractivity contribution in [3.63, 3.8) is 0 Å². The number of likely N-dealkylation sites (N-methyl/N-ethyl adjacent to an activating group) is 1. The van der Waals surface area contributed by atoms with Crippen molar-refractivity contribution in [2.24, 2.45) is 0 Å². The van der Waals surface area contributed by atoms with Crippen molar-refractivity contribution < 1.29 is 9.59 Å². The van der Waals surface area contributed by atoms with Crippen LogP contribution in [0.15, 0.2) is 24.3 Å². The van der Waals surface area contributed by atoms with E-state index in [2.05, 4.69) is 28.1 Å². The number of benzene rings is 1. The SMILES string of the molecule is CCNCCNC(=O)CCNC(=O)N1CCc2ccccc2C1.Cl. The zero-order valence-corrected chi connectivity index (χ0v) is 15.0.